The number of carbonyl (C=O) groups excluding carboxylic acids is 1. The molecule has 0 fully saturated rings. The van der Waals surface area contributed by atoms with Crippen molar-refractivity contribution in [2.24, 2.45) is 0 Å². The summed E-state index contributed by atoms with van der Waals surface area (Å²) < 4.78 is 0. The first-order valence-electron chi connectivity index (χ1n) is 7.49. The molecule has 0 aliphatic heterocycles. The van der Waals surface area contributed by atoms with E-state index in [0.29, 0.717) is 0 Å². The molecule has 3 rings (SSSR count). The molecule has 2 aromatic carbocycles. The lowest BCUT2D eigenvalue weighted by Gasteiger charge is -2.22. The third-order valence-corrected chi connectivity index (χ3v) is 4.18. The van der Waals surface area contributed by atoms with Gasteiger partial charge >= 0.3 is 0 Å². The number of amides is 1. The topological polar surface area (TPSA) is 86.3 Å². The molecule has 7 heteroatoms. The number of rotatable bonds is 5. The first-order chi connectivity index (χ1) is 12.1. The van der Waals surface area contributed by atoms with Crippen LogP contribution < -0.4 is 10.5 Å². The SMILES string of the molecule is O=C(CSc1nc(O)cc(=O)[nH]1)N(c1ccccc1)c1ccccc1. The molecule has 0 bridgehead atoms. The molecule has 6 nitrogen and oxygen atoms in total. The van der Waals surface area contributed by atoms with E-state index in [1.165, 1.54) is 0 Å². The van der Waals surface area contributed by atoms with Crippen LogP contribution in [0.1, 0.15) is 0 Å². The molecule has 0 aliphatic rings. The number of hydrogen-bond acceptors (Lipinski definition) is 5. The van der Waals surface area contributed by atoms with Crippen molar-refractivity contribution >= 4 is 29.0 Å². The lowest BCUT2D eigenvalue weighted by Crippen LogP contribution is -2.27. The highest BCUT2D eigenvalue weighted by molar-refractivity contribution is 7.99. The summed E-state index contributed by atoms with van der Waals surface area (Å²) in [5.74, 6) is -0.494. The predicted octanol–water partition coefficient (Wildman–Crippen LogP) is 2.93. The standard InChI is InChI=1S/C18H15N3O3S/c22-15-11-16(23)20-18(19-15)25-12-17(24)21(13-7-3-1-4-8-13)14-9-5-2-6-10-14/h1-11H,12H2,(H2,19,20,22,23). The predicted molar refractivity (Wildman–Crippen MR) is 97.3 cm³/mol. The maximum absolute atomic E-state index is 12.8. The van der Waals surface area contributed by atoms with Crippen molar-refractivity contribution in [3.63, 3.8) is 0 Å². The Kier molecular flexibility index (Phi) is 5.15. The Morgan fingerprint density at radius 2 is 1.60 bits per heavy atom. The third-order valence-electron chi connectivity index (χ3n) is 3.32. The minimum atomic E-state index is -0.467. The van der Waals surface area contributed by atoms with E-state index in [1.54, 1.807) is 4.90 Å². The number of anilines is 2. The molecule has 1 aromatic heterocycles. The zero-order valence-corrected chi connectivity index (χ0v) is 13.9. The number of nitrogens with zero attached hydrogens (tertiary/aromatic N) is 2. The Morgan fingerprint density at radius 3 is 2.12 bits per heavy atom. The van der Waals surface area contributed by atoms with Crippen LogP contribution >= 0.6 is 11.8 Å². The van der Waals surface area contributed by atoms with Crippen LogP contribution in [0.25, 0.3) is 0 Å². The number of aromatic amines is 1. The van der Waals surface area contributed by atoms with Gasteiger partial charge in [0.25, 0.3) is 5.56 Å². The number of aromatic nitrogens is 2. The van der Waals surface area contributed by atoms with Gasteiger partial charge in [-0.25, -0.2) is 0 Å². The number of benzene rings is 2. The van der Waals surface area contributed by atoms with Crippen molar-refractivity contribution in [2.45, 2.75) is 5.16 Å². The maximum Gasteiger partial charge on any atom is 0.255 e. The molecule has 2 N–H and O–H groups in total. The zero-order chi connectivity index (χ0) is 17.6. The molecule has 0 atom stereocenters. The van der Waals surface area contributed by atoms with Crippen LogP contribution in [-0.4, -0.2) is 26.7 Å². The van der Waals surface area contributed by atoms with Crippen LogP contribution in [0, 0.1) is 0 Å². The monoisotopic (exact) mass is 353 g/mol. The fraction of sp³-hybridized carbons (Fsp3) is 0.0556. The van der Waals surface area contributed by atoms with Crippen molar-refractivity contribution in [1.29, 1.82) is 0 Å². The summed E-state index contributed by atoms with van der Waals surface area (Å²) in [6.45, 7) is 0. The van der Waals surface area contributed by atoms with Gasteiger partial charge in [-0.05, 0) is 24.3 Å². The molecule has 0 aliphatic carbocycles. The van der Waals surface area contributed by atoms with Crippen LogP contribution in [0.5, 0.6) is 5.88 Å². The zero-order valence-electron chi connectivity index (χ0n) is 13.1. The minimum absolute atomic E-state index is 0.0518. The summed E-state index contributed by atoms with van der Waals surface area (Å²) in [6.07, 6.45) is 0. The van der Waals surface area contributed by atoms with Crippen LogP contribution in [0.3, 0.4) is 0 Å². The molecular formula is C18H15N3O3S. The molecule has 126 valence electrons. The number of para-hydroxylation sites is 2. The summed E-state index contributed by atoms with van der Waals surface area (Å²) in [5.41, 5.74) is 1.03. The highest BCUT2D eigenvalue weighted by atomic mass is 32.2. The second-order valence-corrected chi connectivity index (χ2v) is 6.06. The number of thioether (sulfide) groups is 1. The molecule has 0 spiro atoms. The number of nitrogens with one attached hydrogen (secondary N) is 1. The number of aromatic hydroxyl groups is 1. The number of carbonyl (C=O) groups is 1. The lowest BCUT2D eigenvalue weighted by atomic mass is 10.2. The average Bonchev–Trinajstić information content (AvgIpc) is 2.61. The van der Waals surface area contributed by atoms with Crippen LogP contribution in [0.15, 0.2) is 76.7 Å². The van der Waals surface area contributed by atoms with Crippen molar-refractivity contribution < 1.29 is 9.90 Å². The van der Waals surface area contributed by atoms with Gasteiger partial charge in [-0.2, -0.15) is 4.98 Å². The largest absolute Gasteiger partial charge is 0.493 e. The minimum Gasteiger partial charge on any atom is -0.493 e. The van der Waals surface area contributed by atoms with Gasteiger partial charge in [-0.15, -0.1) is 0 Å². The average molecular weight is 353 g/mol. The fourth-order valence-corrected chi connectivity index (χ4v) is 3.00. The highest BCUT2D eigenvalue weighted by Crippen LogP contribution is 2.26. The van der Waals surface area contributed by atoms with Crippen molar-refractivity contribution in [2.75, 3.05) is 10.7 Å². The van der Waals surface area contributed by atoms with Crippen LogP contribution in [0.2, 0.25) is 0 Å². The van der Waals surface area contributed by atoms with E-state index in [-0.39, 0.29) is 22.7 Å². The molecule has 0 unspecified atom stereocenters. The second kappa shape index (κ2) is 7.67. The van der Waals surface area contributed by atoms with E-state index in [4.69, 9.17) is 0 Å². The number of hydrogen-bond donors (Lipinski definition) is 2. The van der Waals surface area contributed by atoms with Crippen LogP contribution in [-0.2, 0) is 4.79 Å². The highest BCUT2D eigenvalue weighted by Gasteiger charge is 2.18. The Balaban J connectivity index is 1.83. The van der Waals surface area contributed by atoms with Gasteiger partial charge in [0.05, 0.1) is 11.8 Å². The third kappa shape index (κ3) is 4.27. The van der Waals surface area contributed by atoms with Gasteiger partial charge in [0.1, 0.15) is 0 Å². The van der Waals surface area contributed by atoms with E-state index in [9.17, 15) is 14.7 Å². The lowest BCUT2D eigenvalue weighted by molar-refractivity contribution is -0.115. The summed E-state index contributed by atoms with van der Waals surface area (Å²) >= 11 is 1.06. The van der Waals surface area contributed by atoms with E-state index in [0.717, 1.165) is 29.2 Å². The first-order valence-corrected chi connectivity index (χ1v) is 8.48. The quantitative estimate of drug-likeness (QED) is 0.544. The van der Waals surface area contributed by atoms with E-state index in [2.05, 4.69) is 9.97 Å². The summed E-state index contributed by atoms with van der Waals surface area (Å²) in [7, 11) is 0. The Bertz CT molecular complexity index is 874. The molecule has 0 radical (unpaired) electrons. The first kappa shape index (κ1) is 16.8. The van der Waals surface area contributed by atoms with Gasteiger partial charge in [0.2, 0.25) is 11.8 Å². The van der Waals surface area contributed by atoms with Gasteiger partial charge in [0, 0.05) is 11.4 Å². The van der Waals surface area contributed by atoms with Gasteiger partial charge in [0.15, 0.2) is 5.16 Å². The Labute approximate surface area is 148 Å². The van der Waals surface area contributed by atoms with E-state index in [1.807, 2.05) is 60.7 Å². The van der Waals surface area contributed by atoms with Crippen molar-refractivity contribution in [3.05, 3.63) is 77.1 Å². The molecule has 3 aromatic rings. The van der Waals surface area contributed by atoms with Crippen molar-refractivity contribution in [3.8, 4) is 5.88 Å². The van der Waals surface area contributed by atoms with Gasteiger partial charge in [-0.1, -0.05) is 48.2 Å². The molecule has 1 heterocycles. The smallest absolute Gasteiger partial charge is 0.255 e. The van der Waals surface area contributed by atoms with Crippen molar-refractivity contribution in [1.82, 2.24) is 9.97 Å². The Hall–Kier alpha value is -3.06. The second-order valence-electron chi connectivity index (χ2n) is 5.10. The Morgan fingerprint density at radius 1 is 1.04 bits per heavy atom. The van der Waals surface area contributed by atoms with E-state index >= 15 is 0 Å². The summed E-state index contributed by atoms with van der Waals surface area (Å²) in [4.78, 5) is 32.1. The fourth-order valence-electron chi connectivity index (χ4n) is 2.28. The van der Waals surface area contributed by atoms with E-state index < -0.39 is 5.56 Å². The normalized spacial score (nSPS) is 10.4. The molecule has 0 saturated carbocycles. The summed E-state index contributed by atoms with van der Waals surface area (Å²) in [6, 6.07) is 19.6. The van der Waals surface area contributed by atoms with Gasteiger partial charge < -0.3 is 10.1 Å². The van der Waals surface area contributed by atoms with Gasteiger partial charge in [-0.3, -0.25) is 14.5 Å². The molecule has 0 saturated heterocycles. The number of H-pyrrole nitrogens is 1. The maximum atomic E-state index is 12.8. The molecule has 25 heavy (non-hydrogen) atoms. The van der Waals surface area contributed by atoms with Crippen LogP contribution in [0.4, 0.5) is 11.4 Å². The molecule has 1 amide bonds. The summed E-state index contributed by atoms with van der Waals surface area (Å²) in [5, 5.41) is 9.58. The molecular weight excluding hydrogens is 338 g/mol.